The maximum atomic E-state index is 6.11. The summed E-state index contributed by atoms with van der Waals surface area (Å²) in [6.45, 7) is 5.62. The van der Waals surface area contributed by atoms with Gasteiger partial charge in [-0.25, -0.2) is 0 Å². The molecule has 16 heavy (non-hydrogen) atoms. The van der Waals surface area contributed by atoms with Gasteiger partial charge in [0.25, 0.3) is 0 Å². The molecule has 0 amide bonds. The molecule has 0 aromatic heterocycles. The van der Waals surface area contributed by atoms with Crippen LogP contribution < -0.4 is 10.6 Å². The largest absolute Gasteiger partial charge is 0.368 e. The van der Waals surface area contributed by atoms with E-state index >= 15 is 0 Å². The Morgan fingerprint density at radius 1 is 1.38 bits per heavy atom. The topological polar surface area (TPSA) is 29.3 Å². The van der Waals surface area contributed by atoms with Crippen LogP contribution in [0.25, 0.3) is 0 Å². The van der Waals surface area contributed by atoms with E-state index in [1.807, 2.05) is 0 Å². The average Bonchev–Trinajstić information content (AvgIpc) is 2.26. The van der Waals surface area contributed by atoms with Crippen molar-refractivity contribution in [1.29, 1.82) is 0 Å². The second-order valence-electron chi connectivity index (χ2n) is 4.73. The molecule has 88 valence electrons. The Balaban J connectivity index is 2.21. The molecule has 1 aromatic carbocycles. The molecule has 3 unspecified atom stereocenters. The zero-order valence-corrected chi connectivity index (χ0v) is 12.0. The standard InChI is InChI=1S/C13H19IN2/c1-9-10(2)16(7-6-13(9)15)12-5-3-4-11(14)8-12/h3-5,8-10,13H,6-7,15H2,1-2H3. The molecular formula is C13H19IN2. The predicted molar refractivity (Wildman–Crippen MR) is 77.7 cm³/mol. The molecule has 1 heterocycles. The summed E-state index contributed by atoms with van der Waals surface area (Å²) >= 11 is 2.37. The van der Waals surface area contributed by atoms with Crippen molar-refractivity contribution in [3.8, 4) is 0 Å². The zero-order valence-electron chi connectivity index (χ0n) is 9.86. The molecule has 2 N–H and O–H groups in total. The lowest BCUT2D eigenvalue weighted by Crippen LogP contribution is -2.51. The van der Waals surface area contributed by atoms with Gasteiger partial charge in [-0.3, -0.25) is 0 Å². The van der Waals surface area contributed by atoms with E-state index in [4.69, 9.17) is 5.73 Å². The van der Waals surface area contributed by atoms with Gasteiger partial charge in [0.15, 0.2) is 0 Å². The van der Waals surface area contributed by atoms with Gasteiger partial charge in [0.2, 0.25) is 0 Å². The number of piperidine rings is 1. The molecule has 2 rings (SSSR count). The van der Waals surface area contributed by atoms with Crippen LogP contribution in [0.15, 0.2) is 24.3 Å². The second kappa shape index (κ2) is 4.92. The summed E-state index contributed by atoms with van der Waals surface area (Å²) in [5, 5.41) is 0. The molecular weight excluding hydrogens is 311 g/mol. The third kappa shape index (κ3) is 2.35. The molecule has 2 nitrogen and oxygen atoms in total. The van der Waals surface area contributed by atoms with Crippen molar-refractivity contribution < 1.29 is 0 Å². The summed E-state index contributed by atoms with van der Waals surface area (Å²) in [6, 6.07) is 9.59. The SMILES string of the molecule is CC1C(N)CCN(c2cccc(I)c2)C1C. The molecule has 0 saturated carbocycles. The maximum Gasteiger partial charge on any atom is 0.0379 e. The summed E-state index contributed by atoms with van der Waals surface area (Å²) < 4.78 is 1.30. The minimum atomic E-state index is 0.356. The number of nitrogens with two attached hydrogens (primary N) is 1. The Kier molecular flexibility index (Phi) is 3.74. The molecule has 1 aromatic rings. The Bertz CT molecular complexity index is 367. The van der Waals surface area contributed by atoms with Crippen molar-refractivity contribution >= 4 is 28.3 Å². The lowest BCUT2D eigenvalue weighted by atomic mass is 9.87. The summed E-state index contributed by atoms with van der Waals surface area (Å²) in [7, 11) is 0. The number of hydrogen-bond acceptors (Lipinski definition) is 2. The first-order valence-corrected chi connectivity index (χ1v) is 6.95. The number of halogens is 1. The fraction of sp³-hybridized carbons (Fsp3) is 0.538. The highest BCUT2D eigenvalue weighted by Gasteiger charge is 2.30. The molecule has 1 saturated heterocycles. The Hall–Kier alpha value is -0.290. The van der Waals surface area contributed by atoms with Gasteiger partial charge in [-0.2, -0.15) is 0 Å². The van der Waals surface area contributed by atoms with Crippen molar-refractivity contribution in [1.82, 2.24) is 0 Å². The van der Waals surface area contributed by atoms with E-state index < -0.39 is 0 Å². The Morgan fingerprint density at radius 2 is 2.12 bits per heavy atom. The summed E-state index contributed by atoms with van der Waals surface area (Å²) in [4.78, 5) is 2.48. The number of hydrogen-bond donors (Lipinski definition) is 1. The van der Waals surface area contributed by atoms with Crippen LogP contribution in [0.2, 0.25) is 0 Å². The van der Waals surface area contributed by atoms with Gasteiger partial charge in [0.05, 0.1) is 0 Å². The molecule has 1 aliphatic rings. The van der Waals surface area contributed by atoms with Gasteiger partial charge in [-0.15, -0.1) is 0 Å². The highest BCUT2D eigenvalue weighted by molar-refractivity contribution is 14.1. The zero-order chi connectivity index (χ0) is 11.7. The van der Waals surface area contributed by atoms with Crippen LogP contribution in [0.1, 0.15) is 20.3 Å². The van der Waals surface area contributed by atoms with Crippen LogP contribution >= 0.6 is 22.6 Å². The predicted octanol–water partition coefficient (Wildman–Crippen LogP) is 2.85. The van der Waals surface area contributed by atoms with Crippen molar-refractivity contribution in [2.24, 2.45) is 11.7 Å². The number of rotatable bonds is 1. The van der Waals surface area contributed by atoms with Crippen molar-refractivity contribution in [3.63, 3.8) is 0 Å². The minimum Gasteiger partial charge on any atom is -0.368 e. The number of nitrogens with zero attached hydrogens (tertiary/aromatic N) is 1. The van der Waals surface area contributed by atoms with E-state index in [2.05, 4.69) is 65.6 Å². The molecule has 0 aliphatic carbocycles. The highest BCUT2D eigenvalue weighted by Crippen LogP contribution is 2.28. The molecule has 0 radical (unpaired) electrons. The van der Waals surface area contributed by atoms with Crippen molar-refractivity contribution in [2.75, 3.05) is 11.4 Å². The van der Waals surface area contributed by atoms with E-state index in [1.165, 1.54) is 9.26 Å². The fourth-order valence-electron chi connectivity index (χ4n) is 2.42. The van der Waals surface area contributed by atoms with Crippen molar-refractivity contribution in [3.05, 3.63) is 27.8 Å². The first-order chi connectivity index (χ1) is 7.59. The quantitative estimate of drug-likeness (QED) is 0.803. The van der Waals surface area contributed by atoms with Gasteiger partial charge >= 0.3 is 0 Å². The highest BCUT2D eigenvalue weighted by atomic mass is 127. The second-order valence-corrected chi connectivity index (χ2v) is 5.97. The normalized spacial score (nSPS) is 30.5. The van der Waals surface area contributed by atoms with E-state index in [0.717, 1.165) is 13.0 Å². The maximum absolute atomic E-state index is 6.11. The van der Waals surface area contributed by atoms with Gasteiger partial charge in [-0.1, -0.05) is 13.0 Å². The van der Waals surface area contributed by atoms with Gasteiger partial charge in [0, 0.05) is 27.9 Å². The van der Waals surface area contributed by atoms with Crippen LogP contribution in [0.5, 0.6) is 0 Å². The lowest BCUT2D eigenvalue weighted by molar-refractivity contribution is 0.315. The van der Waals surface area contributed by atoms with E-state index in [-0.39, 0.29) is 0 Å². The molecule has 0 bridgehead atoms. The molecule has 1 fully saturated rings. The number of anilines is 1. The van der Waals surface area contributed by atoms with Crippen LogP contribution in [0.3, 0.4) is 0 Å². The smallest absolute Gasteiger partial charge is 0.0379 e. The summed E-state index contributed by atoms with van der Waals surface area (Å²) in [6.07, 6.45) is 1.09. The lowest BCUT2D eigenvalue weighted by Gasteiger charge is -2.42. The Labute approximate surface area is 111 Å². The van der Waals surface area contributed by atoms with Crippen molar-refractivity contribution in [2.45, 2.75) is 32.4 Å². The first-order valence-electron chi connectivity index (χ1n) is 5.87. The van der Waals surface area contributed by atoms with E-state index in [0.29, 0.717) is 18.0 Å². The van der Waals surface area contributed by atoms with E-state index in [9.17, 15) is 0 Å². The fourth-order valence-corrected chi connectivity index (χ4v) is 2.94. The third-order valence-electron chi connectivity index (χ3n) is 3.77. The molecule has 3 heteroatoms. The first kappa shape index (κ1) is 12.2. The minimum absolute atomic E-state index is 0.356. The Morgan fingerprint density at radius 3 is 2.81 bits per heavy atom. The van der Waals surface area contributed by atoms with Gasteiger partial charge in [-0.05, 0) is 60.1 Å². The van der Waals surface area contributed by atoms with Gasteiger partial charge in [0.1, 0.15) is 0 Å². The van der Waals surface area contributed by atoms with Crippen LogP contribution in [-0.2, 0) is 0 Å². The van der Waals surface area contributed by atoms with Crippen LogP contribution in [-0.4, -0.2) is 18.6 Å². The van der Waals surface area contributed by atoms with Crippen LogP contribution in [0, 0.1) is 9.49 Å². The molecule has 0 spiro atoms. The summed E-state index contributed by atoms with van der Waals surface area (Å²) in [5.41, 5.74) is 7.44. The third-order valence-corrected chi connectivity index (χ3v) is 4.44. The van der Waals surface area contributed by atoms with Gasteiger partial charge < -0.3 is 10.6 Å². The summed E-state index contributed by atoms with van der Waals surface area (Å²) in [5.74, 6) is 0.562. The van der Waals surface area contributed by atoms with E-state index in [1.54, 1.807) is 0 Å². The van der Waals surface area contributed by atoms with Crippen LogP contribution in [0.4, 0.5) is 5.69 Å². The molecule has 1 aliphatic heterocycles. The number of benzene rings is 1. The molecule has 3 atom stereocenters. The monoisotopic (exact) mass is 330 g/mol. The average molecular weight is 330 g/mol.